The largest absolute Gasteiger partial charge is 0.462 e. The van der Waals surface area contributed by atoms with Crippen molar-refractivity contribution in [1.82, 2.24) is 0 Å². The predicted octanol–water partition coefficient (Wildman–Crippen LogP) is 3.70. The van der Waals surface area contributed by atoms with Crippen molar-refractivity contribution < 1.29 is 4.42 Å². The molecule has 80 valence electrons. The predicted molar refractivity (Wildman–Crippen MR) is 63.9 cm³/mol. The first-order valence-electron chi connectivity index (χ1n) is 5.32. The first-order valence-corrected chi connectivity index (χ1v) is 5.32. The van der Waals surface area contributed by atoms with E-state index in [0.717, 1.165) is 17.4 Å². The molecule has 0 radical (unpaired) electrons. The van der Waals surface area contributed by atoms with Gasteiger partial charge in [0, 0.05) is 5.39 Å². The van der Waals surface area contributed by atoms with Crippen LogP contribution in [0.25, 0.3) is 11.0 Å². The molecule has 2 nitrogen and oxygen atoms in total. The number of hydrogen-bond donors (Lipinski definition) is 1. The molecule has 2 heteroatoms. The Balaban J connectivity index is 2.57. The minimum atomic E-state index is 0.190. The van der Waals surface area contributed by atoms with E-state index in [9.17, 15) is 0 Å². The van der Waals surface area contributed by atoms with Crippen LogP contribution in [0.2, 0.25) is 0 Å². The zero-order valence-corrected chi connectivity index (χ0v) is 9.50. The molecule has 15 heavy (non-hydrogen) atoms. The first-order chi connectivity index (χ1) is 7.04. The van der Waals surface area contributed by atoms with Crippen LogP contribution in [0.3, 0.4) is 0 Å². The molecule has 0 spiro atoms. The van der Waals surface area contributed by atoms with Crippen molar-refractivity contribution in [1.29, 1.82) is 0 Å². The van der Waals surface area contributed by atoms with E-state index < -0.39 is 0 Å². The van der Waals surface area contributed by atoms with Gasteiger partial charge in [-0.15, -0.1) is 0 Å². The number of furan rings is 1. The van der Waals surface area contributed by atoms with Crippen molar-refractivity contribution in [2.75, 3.05) is 5.73 Å². The van der Waals surface area contributed by atoms with Crippen LogP contribution in [-0.2, 0) is 5.41 Å². The van der Waals surface area contributed by atoms with Gasteiger partial charge in [0.2, 0.25) is 0 Å². The molecule has 0 aliphatic rings. The SMILES string of the molecule is CCC(C)(C)c1ccc2c(N)coc2c1. The molecule has 0 saturated carbocycles. The molecule has 0 aliphatic carbocycles. The summed E-state index contributed by atoms with van der Waals surface area (Å²) in [5.74, 6) is 0. The normalized spacial score (nSPS) is 12.2. The Morgan fingerprint density at radius 2 is 2.07 bits per heavy atom. The minimum absolute atomic E-state index is 0.190. The highest BCUT2D eigenvalue weighted by Crippen LogP contribution is 2.31. The first kappa shape index (κ1) is 10.1. The van der Waals surface area contributed by atoms with Crippen molar-refractivity contribution >= 4 is 16.7 Å². The molecule has 0 fully saturated rings. The highest BCUT2D eigenvalue weighted by molar-refractivity contribution is 5.89. The van der Waals surface area contributed by atoms with Crippen molar-refractivity contribution in [2.24, 2.45) is 0 Å². The van der Waals surface area contributed by atoms with E-state index in [1.165, 1.54) is 5.56 Å². The summed E-state index contributed by atoms with van der Waals surface area (Å²) in [4.78, 5) is 0. The molecule has 2 N–H and O–H groups in total. The molecule has 0 atom stereocenters. The van der Waals surface area contributed by atoms with Gasteiger partial charge in [0.1, 0.15) is 11.8 Å². The summed E-state index contributed by atoms with van der Waals surface area (Å²) in [7, 11) is 0. The third kappa shape index (κ3) is 1.60. The Kier molecular flexibility index (Phi) is 2.22. The number of benzene rings is 1. The quantitative estimate of drug-likeness (QED) is 0.808. The van der Waals surface area contributed by atoms with Crippen molar-refractivity contribution in [3.8, 4) is 0 Å². The maximum Gasteiger partial charge on any atom is 0.136 e. The number of rotatable bonds is 2. The van der Waals surface area contributed by atoms with E-state index in [1.807, 2.05) is 6.07 Å². The molecule has 2 aromatic rings. The van der Waals surface area contributed by atoms with Gasteiger partial charge in [-0.05, 0) is 29.5 Å². The maximum absolute atomic E-state index is 5.77. The topological polar surface area (TPSA) is 39.2 Å². The molecule has 2 rings (SSSR count). The van der Waals surface area contributed by atoms with E-state index in [-0.39, 0.29) is 5.41 Å². The number of nitrogens with two attached hydrogens (primary N) is 1. The smallest absolute Gasteiger partial charge is 0.136 e. The fourth-order valence-corrected chi connectivity index (χ4v) is 1.67. The minimum Gasteiger partial charge on any atom is -0.462 e. The van der Waals surface area contributed by atoms with Gasteiger partial charge in [0.25, 0.3) is 0 Å². The Morgan fingerprint density at radius 3 is 2.73 bits per heavy atom. The average Bonchev–Trinajstić information content (AvgIpc) is 2.60. The fourth-order valence-electron chi connectivity index (χ4n) is 1.67. The molecule has 0 unspecified atom stereocenters. The van der Waals surface area contributed by atoms with Gasteiger partial charge >= 0.3 is 0 Å². The Hall–Kier alpha value is -1.44. The lowest BCUT2D eigenvalue weighted by Gasteiger charge is -2.22. The molecular formula is C13H17NO. The van der Waals surface area contributed by atoms with E-state index in [4.69, 9.17) is 10.2 Å². The van der Waals surface area contributed by atoms with E-state index in [2.05, 4.69) is 32.9 Å². The lowest BCUT2D eigenvalue weighted by atomic mass is 9.82. The van der Waals surface area contributed by atoms with Gasteiger partial charge in [-0.25, -0.2) is 0 Å². The van der Waals surface area contributed by atoms with E-state index in [1.54, 1.807) is 6.26 Å². The summed E-state index contributed by atoms with van der Waals surface area (Å²) in [5, 5.41) is 1.01. The monoisotopic (exact) mass is 203 g/mol. The van der Waals surface area contributed by atoms with Gasteiger partial charge in [-0.3, -0.25) is 0 Å². The van der Waals surface area contributed by atoms with Gasteiger partial charge in [-0.1, -0.05) is 26.8 Å². The molecule has 1 aromatic heterocycles. The second kappa shape index (κ2) is 3.30. The molecule has 0 aliphatic heterocycles. The Bertz CT molecular complexity index is 482. The third-order valence-electron chi connectivity index (χ3n) is 3.27. The number of anilines is 1. The second-order valence-corrected chi connectivity index (χ2v) is 4.64. The molecule has 1 aromatic carbocycles. The maximum atomic E-state index is 5.77. The number of nitrogen functional groups attached to an aromatic ring is 1. The van der Waals surface area contributed by atoms with Crippen LogP contribution in [0.5, 0.6) is 0 Å². The average molecular weight is 203 g/mol. The van der Waals surface area contributed by atoms with Crippen LogP contribution < -0.4 is 5.73 Å². The molecule has 0 bridgehead atoms. The van der Waals surface area contributed by atoms with Crippen LogP contribution in [0.15, 0.2) is 28.9 Å². The number of fused-ring (bicyclic) bond motifs is 1. The van der Waals surface area contributed by atoms with Crippen molar-refractivity contribution in [2.45, 2.75) is 32.6 Å². The highest BCUT2D eigenvalue weighted by atomic mass is 16.3. The van der Waals surface area contributed by atoms with Gasteiger partial charge in [0.05, 0.1) is 5.69 Å². The molecule has 1 heterocycles. The van der Waals surface area contributed by atoms with Crippen LogP contribution in [0.4, 0.5) is 5.69 Å². The van der Waals surface area contributed by atoms with Gasteiger partial charge in [-0.2, -0.15) is 0 Å². The summed E-state index contributed by atoms with van der Waals surface area (Å²) >= 11 is 0. The number of hydrogen-bond acceptors (Lipinski definition) is 2. The summed E-state index contributed by atoms with van der Waals surface area (Å²) in [5.41, 5.74) is 8.86. The van der Waals surface area contributed by atoms with Crippen LogP contribution in [0.1, 0.15) is 32.8 Å². The van der Waals surface area contributed by atoms with Crippen molar-refractivity contribution in [3.05, 3.63) is 30.0 Å². The molecule has 0 amide bonds. The van der Waals surface area contributed by atoms with Crippen LogP contribution in [0, 0.1) is 0 Å². The fraction of sp³-hybridized carbons (Fsp3) is 0.385. The standard InChI is InChI=1S/C13H17NO/c1-4-13(2,3)9-5-6-10-11(14)8-15-12(10)7-9/h5-8H,4,14H2,1-3H3. The zero-order chi connectivity index (χ0) is 11.1. The summed E-state index contributed by atoms with van der Waals surface area (Å²) < 4.78 is 5.40. The summed E-state index contributed by atoms with van der Waals surface area (Å²) in [6.45, 7) is 6.67. The highest BCUT2D eigenvalue weighted by Gasteiger charge is 2.18. The zero-order valence-electron chi connectivity index (χ0n) is 9.50. The summed E-state index contributed by atoms with van der Waals surface area (Å²) in [6, 6.07) is 6.27. The van der Waals surface area contributed by atoms with Crippen LogP contribution >= 0.6 is 0 Å². The van der Waals surface area contributed by atoms with Gasteiger partial charge in [0.15, 0.2) is 0 Å². The van der Waals surface area contributed by atoms with E-state index >= 15 is 0 Å². The Morgan fingerprint density at radius 1 is 1.33 bits per heavy atom. The second-order valence-electron chi connectivity index (χ2n) is 4.64. The molecular weight excluding hydrogens is 186 g/mol. The third-order valence-corrected chi connectivity index (χ3v) is 3.27. The van der Waals surface area contributed by atoms with E-state index in [0.29, 0.717) is 5.69 Å². The molecule has 0 saturated heterocycles. The van der Waals surface area contributed by atoms with Gasteiger partial charge < -0.3 is 10.2 Å². The van der Waals surface area contributed by atoms with Crippen LogP contribution in [-0.4, -0.2) is 0 Å². The Labute approximate surface area is 90.1 Å². The summed E-state index contributed by atoms with van der Waals surface area (Å²) in [6.07, 6.45) is 2.71. The lowest BCUT2D eigenvalue weighted by Crippen LogP contribution is -2.14. The van der Waals surface area contributed by atoms with Crippen molar-refractivity contribution in [3.63, 3.8) is 0 Å². The lowest BCUT2D eigenvalue weighted by molar-refractivity contribution is 0.505.